The van der Waals surface area contributed by atoms with Crippen LogP contribution in [0.2, 0.25) is 0 Å². The number of hydrogen-bond donors (Lipinski definition) is 0. The summed E-state index contributed by atoms with van der Waals surface area (Å²) >= 11 is 0. The van der Waals surface area contributed by atoms with E-state index < -0.39 is 35.6 Å². The quantitative estimate of drug-likeness (QED) is 0.218. The highest BCUT2D eigenvalue weighted by Crippen LogP contribution is 2.51. The molecular formula is C30H29F7O4. The van der Waals surface area contributed by atoms with Gasteiger partial charge in [-0.2, -0.15) is 8.78 Å². The Balaban J connectivity index is 1.18. The van der Waals surface area contributed by atoms with Crippen LogP contribution in [0, 0.1) is 23.5 Å². The van der Waals surface area contributed by atoms with E-state index in [1.54, 1.807) is 24.3 Å². The van der Waals surface area contributed by atoms with Crippen molar-refractivity contribution < 1.29 is 49.7 Å². The average molecular weight is 587 g/mol. The lowest BCUT2D eigenvalue weighted by Gasteiger charge is -2.36. The summed E-state index contributed by atoms with van der Waals surface area (Å²) < 4.78 is 114. The second-order valence-electron chi connectivity index (χ2n) is 10.8. The molecule has 1 saturated carbocycles. The van der Waals surface area contributed by atoms with Crippen molar-refractivity contribution in [2.24, 2.45) is 11.8 Å². The third-order valence-corrected chi connectivity index (χ3v) is 7.89. The van der Waals surface area contributed by atoms with Crippen molar-refractivity contribution in [1.82, 2.24) is 0 Å². The van der Waals surface area contributed by atoms with Crippen LogP contribution in [0.1, 0.15) is 49.7 Å². The predicted octanol–water partition coefficient (Wildman–Crippen LogP) is 8.47. The van der Waals surface area contributed by atoms with E-state index >= 15 is 0 Å². The lowest BCUT2D eigenvalue weighted by Crippen LogP contribution is -2.42. The van der Waals surface area contributed by atoms with Crippen LogP contribution in [-0.4, -0.2) is 31.2 Å². The lowest BCUT2D eigenvalue weighted by molar-refractivity contribution is -0.432. The molecule has 0 radical (unpaired) electrons. The number of allylic oxidation sites excluding steroid dienone is 2. The molecule has 222 valence electrons. The Morgan fingerprint density at radius 1 is 0.902 bits per heavy atom. The summed E-state index contributed by atoms with van der Waals surface area (Å²) in [5.74, 6) is -4.19. The van der Waals surface area contributed by atoms with Gasteiger partial charge in [0.15, 0.2) is 0 Å². The van der Waals surface area contributed by atoms with Crippen molar-refractivity contribution in [2.45, 2.75) is 62.6 Å². The lowest BCUT2D eigenvalue weighted by atomic mass is 9.80. The standard InChI is InChI=1S/C30H29F7O4/c1-2-3-14-27-17-38-29(40-27,39-18-27)23-12-8-20(9-13-23)5-4-19-6-10-21(11-7-19)22-15-24(31)26(25(32)16-22)28(33,34)41-30(35,36)37/h2,4-7,10-11,15-16,20,23H,1,3,8-9,12-14,17-18H2/b5-4+. The Labute approximate surface area is 232 Å². The third kappa shape index (κ3) is 6.38. The summed E-state index contributed by atoms with van der Waals surface area (Å²) in [5, 5.41) is 0. The molecule has 2 bridgehead atoms. The fourth-order valence-electron chi connectivity index (χ4n) is 5.76. The van der Waals surface area contributed by atoms with Crippen molar-refractivity contribution in [2.75, 3.05) is 13.2 Å². The minimum atomic E-state index is -5.79. The monoisotopic (exact) mass is 586 g/mol. The van der Waals surface area contributed by atoms with Gasteiger partial charge in [0.1, 0.15) is 22.8 Å². The summed E-state index contributed by atoms with van der Waals surface area (Å²) in [4.78, 5) is 0. The molecule has 0 N–H and O–H groups in total. The van der Waals surface area contributed by atoms with Gasteiger partial charge in [0.25, 0.3) is 5.97 Å². The second-order valence-corrected chi connectivity index (χ2v) is 10.8. The van der Waals surface area contributed by atoms with Gasteiger partial charge in [0.2, 0.25) is 0 Å². The molecule has 2 aromatic carbocycles. The van der Waals surface area contributed by atoms with E-state index in [0.717, 1.165) is 44.1 Å². The van der Waals surface area contributed by atoms with Gasteiger partial charge in [-0.15, -0.1) is 19.8 Å². The van der Waals surface area contributed by atoms with Crippen LogP contribution in [0.3, 0.4) is 0 Å². The van der Waals surface area contributed by atoms with Gasteiger partial charge in [-0.05, 0) is 73.3 Å². The highest BCUT2D eigenvalue weighted by atomic mass is 19.4. The molecule has 11 heteroatoms. The smallest absolute Gasteiger partial charge is 0.324 e. The Kier molecular flexibility index (Phi) is 8.10. The van der Waals surface area contributed by atoms with Crippen molar-refractivity contribution >= 4 is 6.08 Å². The molecule has 4 nitrogen and oxygen atoms in total. The van der Waals surface area contributed by atoms with Crippen LogP contribution in [-0.2, 0) is 25.1 Å². The molecule has 2 heterocycles. The SMILES string of the molecule is C=CCCC12COC(C3CCC(/C=C/c4ccc(-c5cc(F)c(C(F)(F)OC(F)(F)F)c(F)c5)cc4)CC3)(OC1)O2. The number of alkyl halides is 5. The zero-order valence-electron chi connectivity index (χ0n) is 22.0. The first kappa shape index (κ1) is 29.8. The van der Waals surface area contributed by atoms with E-state index in [9.17, 15) is 30.7 Å². The Bertz CT molecular complexity index is 1250. The van der Waals surface area contributed by atoms with Gasteiger partial charge >= 0.3 is 12.5 Å². The van der Waals surface area contributed by atoms with Gasteiger partial charge < -0.3 is 14.2 Å². The van der Waals surface area contributed by atoms with Crippen LogP contribution in [0.4, 0.5) is 30.7 Å². The normalized spacial score (nSPS) is 28.5. The van der Waals surface area contributed by atoms with E-state index in [-0.39, 0.29) is 17.1 Å². The molecule has 2 aliphatic heterocycles. The van der Waals surface area contributed by atoms with Crippen LogP contribution < -0.4 is 0 Å². The van der Waals surface area contributed by atoms with E-state index in [1.807, 2.05) is 12.2 Å². The second kappa shape index (κ2) is 11.2. The van der Waals surface area contributed by atoms with E-state index in [1.165, 1.54) is 0 Å². The first-order valence-electron chi connectivity index (χ1n) is 13.4. The van der Waals surface area contributed by atoms with Crippen molar-refractivity contribution in [3.63, 3.8) is 0 Å². The van der Waals surface area contributed by atoms with Crippen molar-refractivity contribution in [3.05, 3.63) is 77.9 Å². The molecule has 1 aliphatic carbocycles. The molecule has 41 heavy (non-hydrogen) atoms. The Morgan fingerprint density at radius 3 is 2.07 bits per heavy atom. The fourth-order valence-corrected chi connectivity index (χ4v) is 5.76. The fraction of sp³-hybridized carbons (Fsp3) is 0.467. The van der Waals surface area contributed by atoms with Crippen molar-refractivity contribution in [1.29, 1.82) is 0 Å². The van der Waals surface area contributed by atoms with E-state index in [2.05, 4.69) is 17.4 Å². The maximum absolute atomic E-state index is 14.3. The number of benzene rings is 2. The zero-order chi connectivity index (χ0) is 29.5. The number of rotatable bonds is 9. The number of halogens is 7. The molecule has 2 aromatic rings. The van der Waals surface area contributed by atoms with Crippen LogP contribution in [0.5, 0.6) is 0 Å². The molecule has 0 amide bonds. The highest BCUT2D eigenvalue weighted by Gasteiger charge is 2.62. The minimum absolute atomic E-state index is 0.112. The molecule has 2 saturated heterocycles. The molecular weight excluding hydrogens is 557 g/mol. The summed E-state index contributed by atoms with van der Waals surface area (Å²) in [6.07, 6.45) is 0.134. The Morgan fingerprint density at radius 2 is 1.51 bits per heavy atom. The highest BCUT2D eigenvalue weighted by molar-refractivity contribution is 5.66. The minimum Gasteiger partial charge on any atom is -0.324 e. The topological polar surface area (TPSA) is 36.9 Å². The van der Waals surface area contributed by atoms with Crippen LogP contribution in [0.25, 0.3) is 17.2 Å². The molecule has 0 atom stereocenters. The van der Waals surface area contributed by atoms with Crippen molar-refractivity contribution in [3.8, 4) is 11.1 Å². The van der Waals surface area contributed by atoms with Crippen LogP contribution in [0.15, 0.2) is 55.1 Å². The summed E-state index contributed by atoms with van der Waals surface area (Å²) in [6, 6.07) is 7.56. The largest absolute Gasteiger partial charge is 0.527 e. The molecule has 3 aliphatic rings. The number of hydrogen-bond acceptors (Lipinski definition) is 4. The average Bonchev–Trinajstić information content (AvgIpc) is 3.47. The summed E-state index contributed by atoms with van der Waals surface area (Å²) in [5.41, 5.74) is -1.50. The third-order valence-electron chi connectivity index (χ3n) is 7.89. The van der Waals surface area contributed by atoms with Gasteiger partial charge in [-0.3, -0.25) is 0 Å². The zero-order valence-corrected chi connectivity index (χ0v) is 22.0. The molecule has 5 rings (SSSR count). The molecule has 0 spiro atoms. The molecule has 0 aromatic heterocycles. The summed E-state index contributed by atoms with van der Waals surface area (Å²) in [7, 11) is 0. The Hall–Kier alpha value is -2.73. The van der Waals surface area contributed by atoms with Gasteiger partial charge in [-0.1, -0.05) is 42.5 Å². The van der Waals surface area contributed by atoms with Gasteiger partial charge in [0, 0.05) is 5.92 Å². The first-order chi connectivity index (χ1) is 19.3. The van der Waals surface area contributed by atoms with E-state index in [0.29, 0.717) is 36.8 Å². The number of ether oxygens (including phenoxy) is 4. The van der Waals surface area contributed by atoms with Crippen LogP contribution >= 0.6 is 0 Å². The predicted molar refractivity (Wildman–Crippen MR) is 135 cm³/mol. The maximum atomic E-state index is 14.3. The maximum Gasteiger partial charge on any atom is 0.527 e. The van der Waals surface area contributed by atoms with Gasteiger partial charge in [-0.25, -0.2) is 13.5 Å². The molecule has 3 fully saturated rings. The van der Waals surface area contributed by atoms with Gasteiger partial charge in [0.05, 0.1) is 13.2 Å². The number of fused-ring (bicyclic) bond motifs is 2. The van der Waals surface area contributed by atoms with E-state index in [4.69, 9.17) is 14.2 Å². The first-order valence-corrected chi connectivity index (χ1v) is 13.4. The molecule has 0 unspecified atom stereocenters. The summed E-state index contributed by atoms with van der Waals surface area (Å²) in [6.45, 7) is 4.83.